The Bertz CT molecular complexity index is 372. The summed E-state index contributed by atoms with van der Waals surface area (Å²) in [6.07, 6.45) is 9.65. The first-order valence-corrected chi connectivity index (χ1v) is 8.42. The quantitative estimate of drug-likeness (QED) is 0.772. The Labute approximate surface area is 124 Å². The SMILES string of the molecule is CC1=CCCC(CN(C)C2CCCCC2C(C)C)C1=O. The molecule has 0 saturated heterocycles. The molecule has 0 N–H and O–H groups in total. The van der Waals surface area contributed by atoms with Crippen LogP contribution in [-0.4, -0.2) is 30.3 Å². The highest BCUT2D eigenvalue weighted by atomic mass is 16.1. The number of nitrogens with zero attached hydrogens (tertiary/aromatic N) is 1. The van der Waals surface area contributed by atoms with E-state index in [1.165, 1.54) is 25.7 Å². The Kier molecular flexibility index (Phi) is 5.42. The second-order valence-electron chi connectivity index (χ2n) is 7.22. The predicted octanol–water partition coefficient (Wildman–Crippen LogP) is 4.06. The molecule has 0 aliphatic heterocycles. The van der Waals surface area contributed by atoms with Crippen LogP contribution in [0.25, 0.3) is 0 Å². The first kappa shape index (κ1) is 15.8. The van der Waals surface area contributed by atoms with E-state index in [1.807, 2.05) is 6.92 Å². The normalized spacial score (nSPS) is 31.8. The smallest absolute Gasteiger partial charge is 0.162 e. The highest BCUT2D eigenvalue weighted by Crippen LogP contribution is 2.34. The lowest BCUT2D eigenvalue weighted by Crippen LogP contribution is -2.45. The van der Waals surface area contributed by atoms with E-state index in [4.69, 9.17) is 0 Å². The molecule has 20 heavy (non-hydrogen) atoms. The van der Waals surface area contributed by atoms with Gasteiger partial charge in [0.15, 0.2) is 5.78 Å². The monoisotopic (exact) mass is 277 g/mol. The van der Waals surface area contributed by atoms with Gasteiger partial charge in [0, 0.05) is 18.5 Å². The van der Waals surface area contributed by atoms with E-state index in [0.29, 0.717) is 11.8 Å². The lowest BCUT2D eigenvalue weighted by molar-refractivity contribution is -0.120. The maximum atomic E-state index is 12.3. The van der Waals surface area contributed by atoms with Crippen molar-refractivity contribution in [3.63, 3.8) is 0 Å². The average Bonchev–Trinajstić information content (AvgIpc) is 2.43. The Morgan fingerprint density at radius 3 is 2.65 bits per heavy atom. The largest absolute Gasteiger partial charge is 0.302 e. The number of rotatable bonds is 4. The zero-order chi connectivity index (χ0) is 14.7. The number of carbonyl (C=O) groups is 1. The van der Waals surface area contributed by atoms with Gasteiger partial charge >= 0.3 is 0 Å². The van der Waals surface area contributed by atoms with Crippen molar-refractivity contribution in [2.45, 2.75) is 65.3 Å². The minimum absolute atomic E-state index is 0.236. The molecule has 0 aromatic heterocycles. The molecule has 0 aromatic carbocycles. The molecule has 2 nitrogen and oxygen atoms in total. The summed E-state index contributed by atoms with van der Waals surface area (Å²) in [5.41, 5.74) is 0.985. The zero-order valence-electron chi connectivity index (χ0n) is 13.7. The molecule has 0 radical (unpaired) electrons. The van der Waals surface area contributed by atoms with Gasteiger partial charge in [-0.15, -0.1) is 0 Å². The second-order valence-corrected chi connectivity index (χ2v) is 7.22. The standard InChI is InChI=1S/C18H31NO/c1-13(2)16-10-5-6-11-17(16)19(4)12-15-9-7-8-14(3)18(15)20/h8,13,15-17H,5-7,9-12H2,1-4H3. The molecule has 0 aromatic rings. The molecule has 0 bridgehead atoms. The fourth-order valence-electron chi connectivity index (χ4n) is 4.18. The molecule has 3 atom stereocenters. The number of Topliss-reactive ketones (excluding diaryl/α,β-unsaturated/α-hetero) is 1. The molecule has 2 heteroatoms. The van der Waals surface area contributed by atoms with Gasteiger partial charge in [-0.3, -0.25) is 4.79 Å². The van der Waals surface area contributed by atoms with Gasteiger partial charge in [-0.2, -0.15) is 0 Å². The third-order valence-corrected chi connectivity index (χ3v) is 5.44. The van der Waals surface area contributed by atoms with E-state index in [9.17, 15) is 4.79 Å². The summed E-state index contributed by atoms with van der Waals surface area (Å²) in [7, 11) is 2.24. The topological polar surface area (TPSA) is 20.3 Å². The molecule has 0 amide bonds. The van der Waals surface area contributed by atoms with Crippen LogP contribution < -0.4 is 0 Å². The summed E-state index contributed by atoms with van der Waals surface area (Å²) in [5.74, 6) is 2.19. The molecular formula is C18H31NO. The molecule has 2 rings (SSSR count). The van der Waals surface area contributed by atoms with Crippen molar-refractivity contribution in [1.29, 1.82) is 0 Å². The van der Waals surface area contributed by atoms with Crippen LogP contribution in [0.4, 0.5) is 0 Å². The Morgan fingerprint density at radius 2 is 1.95 bits per heavy atom. The van der Waals surface area contributed by atoms with E-state index >= 15 is 0 Å². The number of allylic oxidation sites excluding steroid dienone is 2. The van der Waals surface area contributed by atoms with Crippen LogP contribution in [0.5, 0.6) is 0 Å². The second kappa shape index (κ2) is 6.89. The first-order valence-electron chi connectivity index (χ1n) is 8.42. The number of carbonyl (C=O) groups excluding carboxylic acids is 1. The lowest BCUT2D eigenvalue weighted by atomic mass is 9.76. The van der Waals surface area contributed by atoms with E-state index in [0.717, 1.165) is 36.8 Å². The van der Waals surface area contributed by atoms with Crippen LogP contribution in [0.1, 0.15) is 59.3 Å². The van der Waals surface area contributed by atoms with E-state index < -0.39 is 0 Å². The van der Waals surface area contributed by atoms with Crippen molar-refractivity contribution in [1.82, 2.24) is 4.90 Å². The molecule has 2 aliphatic carbocycles. The van der Waals surface area contributed by atoms with Gasteiger partial charge in [-0.25, -0.2) is 0 Å². The summed E-state index contributed by atoms with van der Waals surface area (Å²) < 4.78 is 0. The van der Waals surface area contributed by atoms with Crippen molar-refractivity contribution < 1.29 is 4.79 Å². The third-order valence-electron chi connectivity index (χ3n) is 5.44. The van der Waals surface area contributed by atoms with Crippen molar-refractivity contribution in [3.05, 3.63) is 11.6 Å². The van der Waals surface area contributed by atoms with E-state index in [1.54, 1.807) is 0 Å². The van der Waals surface area contributed by atoms with Gasteiger partial charge in [0.2, 0.25) is 0 Å². The minimum Gasteiger partial charge on any atom is -0.302 e. The number of hydrogen-bond acceptors (Lipinski definition) is 2. The van der Waals surface area contributed by atoms with Crippen molar-refractivity contribution in [2.75, 3.05) is 13.6 Å². The fraction of sp³-hybridized carbons (Fsp3) is 0.833. The molecule has 114 valence electrons. The summed E-state index contributed by atoms with van der Waals surface area (Å²) in [6.45, 7) is 7.65. The summed E-state index contributed by atoms with van der Waals surface area (Å²) in [6, 6.07) is 0.683. The van der Waals surface area contributed by atoms with Gasteiger partial charge in [0.05, 0.1) is 0 Å². The molecule has 1 saturated carbocycles. The summed E-state index contributed by atoms with van der Waals surface area (Å²) in [5, 5.41) is 0. The molecule has 2 aliphatic rings. The molecule has 0 spiro atoms. The summed E-state index contributed by atoms with van der Waals surface area (Å²) in [4.78, 5) is 14.8. The van der Waals surface area contributed by atoms with Crippen molar-refractivity contribution >= 4 is 5.78 Å². The Balaban J connectivity index is 1.98. The lowest BCUT2D eigenvalue weighted by Gasteiger charge is -2.41. The van der Waals surface area contributed by atoms with Gasteiger partial charge in [0.1, 0.15) is 0 Å². The van der Waals surface area contributed by atoms with Crippen LogP contribution in [0, 0.1) is 17.8 Å². The van der Waals surface area contributed by atoms with Gasteiger partial charge in [-0.1, -0.05) is 32.8 Å². The van der Waals surface area contributed by atoms with Gasteiger partial charge < -0.3 is 4.90 Å². The van der Waals surface area contributed by atoms with Gasteiger partial charge in [-0.05, 0) is 57.1 Å². The molecule has 0 heterocycles. The Hall–Kier alpha value is -0.630. The van der Waals surface area contributed by atoms with Crippen molar-refractivity contribution in [3.8, 4) is 0 Å². The van der Waals surface area contributed by atoms with E-state index in [-0.39, 0.29) is 5.92 Å². The Morgan fingerprint density at radius 1 is 1.25 bits per heavy atom. The number of hydrogen-bond donors (Lipinski definition) is 0. The average molecular weight is 277 g/mol. The molecule has 3 unspecified atom stereocenters. The van der Waals surface area contributed by atoms with Crippen LogP contribution in [0.3, 0.4) is 0 Å². The maximum Gasteiger partial charge on any atom is 0.162 e. The highest BCUT2D eigenvalue weighted by Gasteiger charge is 2.33. The van der Waals surface area contributed by atoms with Crippen LogP contribution >= 0.6 is 0 Å². The third kappa shape index (κ3) is 3.52. The maximum absolute atomic E-state index is 12.3. The van der Waals surface area contributed by atoms with Gasteiger partial charge in [0.25, 0.3) is 0 Å². The van der Waals surface area contributed by atoms with Crippen LogP contribution in [0.15, 0.2) is 11.6 Å². The minimum atomic E-state index is 0.236. The van der Waals surface area contributed by atoms with Crippen molar-refractivity contribution in [2.24, 2.45) is 17.8 Å². The summed E-state index contributed by atoms with van der Waals surface area (Å²) >= 11 is 0. The zero-order valence-corrected chi connectivity index (χ0v) is 13.7. The first-order chi connectivity index (χ1) is 9.50. The molecule has 1 fully saturated rings. The predicted molar refractivity (Wildman–Crippen MR) is 84.7 cm³/mol. The molecular weight excluding hydrogens is 246 g/mol. The number of ketones is 1. The fourth-order valence-corrected chi connectivity index (χ4v) is 4.18. The van der Waals surface area contributed by atoms with Crippen LogP contribution in [0.2, 0.25) is 0 Å². The highest BCUT2D eigenvalue weighted by molar-refractivity contribution is 5.97. The van der Waals surface area contributed by atoms with E-state index in [2.05, 4.69) is 31.9 Å². The van der Waals surface area contributed by atoms with Crippen LogP contribution in [-0.2, 0) is 4.79 Å².